The molecule has 2 aromatic rings. The molecule has 2 fully saturated rings. The van der Waals surface area contributed by atoms with Crippen LogP contribution in [0.4, 0.5) is 5.69 Å². The van der Waals surface area contributed by atoms with Gasteiger partial charge in [-0.05, 0) is 62.0 Å². The molecular weight excluding hydrogens is 354 g/mol. The van der Waals surface area contributed by atoms with E-state index in [0.29, 0.717) is 0 Å². The molecule has 2 aliphatic rings. The maximum Gasteiger partial charge on any atom is 0.142 e. The van der Waals surface area contributed by atoms with Gasteiger partial charge in [-0.1, -0.05) is 12.1 Å². The Bertz CT molecular complexity index is 718. The van der Waals surface area contributed by atoms with Crippen molar-refractivity contribution in [3.8, 4) is 5.75 Å². The summed E-state index contributed by atoms with van der Waals surface area (Å²) in [6, 6.07) is 10.9. The number of para-hydroxylation sites is 2. The Morgan fingerprint density at radius 3 is 2.44 bits per heavy atom. The third-order valence-electron chi connectivity index (χ3n) is 5.57. The maximum atomic E-state index is 5.81. The van der Waals surface area contributed by atoms with Crippen LogP contribution in [0.5, 0.6) is 5.75 Å². The van der Waals surface area contributed by atoms with Gasteiger partial charge in [0.1, 0.15) is 5.75 Å². The molecular formula is C22H31N3OS. The lowest BCUT2D eigenvalue weighted by Gasteiger charge is -2.36. The smallest absolute Gasteiger partial charge is 0.142 e. The molecule has 0 radical (unpaired) electrons. The van der Waals surface area contributed by atoms with E-state index in [4.69, 9.17) is 4.74 Å². The SMILES string of the molecule is CCOc1ccccc1N1CCN(Cc2cc(CN3CCCC3)cs2)CC1. The molecule has 2 saturated heterocycles. The zero-order valence-corrected chi connectivity index (χ0v) is 17.2. The second-order valence-electron chi connectivity index (χ2n) is 7.57. The predicted octanol–water partition coefficient (Wildman–Crippen LogP) is 4.06. The van der Waals surface area contributed by atoms with Gasteiger partial charge in [0.05, 0.1) is 12.3 Å². The fourth-order valence-corrected chi connectivity index (χ4v) is 5.08. The number of benzene rings is 1. The topological polar surface area (TPSA) is 19.0 Å². The number of hydrogen-bond donors (Lipinski definition) is 0. The Kier molecular flexibility index (Phi) is 6.32. The lowest BCUT2D eigenvalue weighted by molar-refractivity contribution is 0.250. The lowest BCUT2D eigenvalue weighted by Crippen LogP contribution is -2.46. The Balaban J connectivity index is 1.29. The van der Waals surface area contributed by atoms with Crippen LogP contribution in [0.1, 0.15) is 30.2 Å². The van der Waals surface area contributed by atoms with Gasteiger partial charge < -0.3 is 9.64 Å². The van der Waals surface area contributed by atoms with E-state index in [1.165, 1.54) is 42.1 Å². The number of hydrogen-bond acceptors (Lipinski definition) is 5. The summed E-state index contributed by atoms with van der Waals surface area (Å²) in [4.78, 5) is 9.15. The second-order valence-corrected chi connectivity index (χ2v) is 8.56. The zero-order chi connectivity index (χ0) is 18.5. The van der Waals surface area contributed by atoms with Crippen LogP contribution < -0.4 is 9.64 Å². The van der Waals surface area contributed by atoms with Gasteiger partial charge in [0.15, 0.2) is 0 Å². The summed E-state index contributed by atoms with van der Waals surface area (Å²) in [6.45, 7) is 11.9. The zero-order valence-electron chi connectivity index (χ0n) is 16.4. The summed E-state index contributed by atoms with van der Waals surface area (Å²) < 4.78 is 5.81. The van der Waals surface area contributed by atoms with Crippen molar-refractivity contribution in [2.45, 2.75) is 32.9 Å². The van der Waals surface area contributed by atoms with Crippen LogP contribution in [0.15, 0.2) is 35.7 Å². The summed E-state index contributed by atoms with van der Waals surface area (Å²) in [7, 11) is 0. The highest BCUT2D eigenvalue weighted by molar-refractivity contribution is 7.10. The van der Waals surface area contributed by atoms with Crippen LogP contribution in [0, 0.1) is 0 Å². The molecule has 4 nitrogen and oxygen atoms in total. The molecule has 5 heteroatoms. The van der Waals surface area contributed by atoms with Gasteiger partial charge >= 0.3 is 0 Å². The van der Waals surface area contributed by atoms with E-state index in [1.807, 2.05) is 18.3 Å². The minimum absolute atomic E-state index is 0.717. The van der Waals surface area contributed by atoms with Crippen molar-refractivity contribution in [2.75, 3.05) is 50.8 Å². The third-order valence-corrected chi connectivity index (χ3v) is 6.54. The van der Waals surface area contributed by atoms with Crippen molar-refractivity contribution in [1.82, 2.24) is 9.80 Å². The number of piperazine rings is 1. The van der Waals surface area contributed by atoms with E-state index in [-0.39, 0.29) is 0 Å². The van der Waals surface area contributed by atoms with Crippen LogP contribution >= 0.6 is 11.3 Å². The van der Waals surface area contributed by atoms with Crippen molar-refractivity contribution in [2.24, 2.45) is 0 Å². The average molecular weight is 386 g/mol. The molecule has 3 heterocycles. The highest BCUT2D eigenvalue weighted by Gasteiger charge is 2.20. The van der Waals surface area contributed by atoms with Gasteiger partial charge in [-0.15, -0.1) is 11.3 Å². The highest BCUT2D eigenvalue weighted by atomic mass is 32.1. The first-order chi connectivity index (χ1) is 13.3. The molecule has 2 aliphatic heterocycles. The third kappa shape index (κ3) is 4.84. The molecule has 0 bridgehead atoms. The summed E-state index contributed by atoms with van der Waals surface area (Å²) >= 11 is 1.93. The first-order valence-corrected chi connectivity index (χ1v) is 11.2. The molecule has 1 aromatic heterocycles. The Hall–Kier alpha value is -1.56. The van der Waals surface area contributed by atoms with E-state index in [2.05, 4.69) is 50.4 Å². The van der Waals surface area contributed by atoms with Gasteiger partial charge in [-0.25, -0.2) is 0 Å². The molecule has 0 saturated carbocycles. The molecule has 146 valence electrons. The van der Waals surface area contributed by atoms with Crippen molar-refractivity contribution in [1.29, 1.82) is 0 Å². The number of rotatable bonds is 7. The van der Waals surface area contributed by atoms with Crippen molar-refractivity contribution in [3.63, 3.8) is 0 Å². The number of nitrogens with zero attached hydrogens (tertiary/aromatic N) is 3. The Morgan fingerprint density at radius 2 is 1.67 bits per heavy atom. The second kappa shape index (κ2) is 9.09. The quantitative estimate of drug-likeness (QED) is 0.715. The number of ether oxygens (including phenoxy) is 1. The van der Waals surface area contributed by atoms with Crippen LogP contribution in [0.3, 0.4) is 0 Å². The van der Waals surface area contributed by atoms with Crippen LogP contribution in [0.2, 0.25) is 0 Å². The highest BCUT2D eigenvalue weighted by Crippen LogP contribution is 2.29. The van der Waals surface area contributed by atoms with Crippen molar-refractivity contribution >= 4 is 17.0 Å². The summed E-state index contributed by atoms with van der Waals surface area (Å²) in [5, 5.41) is 2.36. The average Bonchev–Trinajstić information content (AvgIpc) is 3.36. The van der Waals surface area contributed by atoms with Crippen molar-refractivity contribution in [3.05, 3.63) is 46.2 Å². The largest absolute Gasteiger partial charge is 0.492 e. The molecule has 1 aromatic carbocycles. The molecule has 27 heavy (non-hydrogen) atoms. The lowest BCUT2D eigenvalue weighted by atomic mass is 10.2. The summed E-state index contributed by atoms with van der Waals surface area (Å²) in [5.74, 6) is 1.01. The van der Waals surface area contributed by atoms with E-state index >= 15 is 0 Å². The number of thiophene rings is 1. The van der Waals surface area contributed by atoms with Gasteiger partial charge in [0.2, 0.25) is 0 Å². The van der Waals surface area contributed by atoms with Crippen LogP contribution in [-0.4, -0.2) is 55.7 Å². The number of anilines is 1. The molecule has 4 rings (SSSR count). The van der Waals surface area contributed by atoms with Gasteiger partial charge in [0, 0.05) is 44.1 Å². The minimum atomic E-state index is 0.717. The Labute approximate surface area is 167 Å². The normalized spacial score (nSPS) is 18.9. The first kappa shape index (κ1) is 18.8. The number of likely N-dealkylation sites (tertiary alicyclic amines) is 1. The fourth-order valence-electron chi connectivity index (χ4n) is 4.15. The fraction of sp³-hybridized carbons (Fsp3) is 0.545. The van der Waals surface area contributed by atoms with Gasteiger partial charge in [-0.3, -0.25) is 9.80 Å². The van der Waals surface area contributed by atoms with Crippen molar-refractivity contribution < 1.29 is 4.74 Å². The molecule has 0 N–H and O–H groups in total. The van der Waals surface area contributed by atoms with Gasteiger partial charge in [0.25, 0.3) is 0 Å². The van der Waals surface area contributed by atoms with Gasteiger partial charge in [-0.2, -0.15) is 0 Å². The molecule has 0 spiro atoms. The predicted molar refractivity (Wildman–Crippen MR) is 114 cm³/mol. The molecule has 0 unspecified atom stereocenters. The summed E-state index contributed by atoms with van der Waals surface area (Å²) in [5.41, 5.74) is 2.74. The Morgan fingerprint density at radius 1 is 0.926 bits per heavy atom. The molecule has 0 atom stereocenters. The molecule has 0 aliphatic carbocycles. The maximum absolute atomic E-state index is 5.81. The standard InChI is InChI=1S/C22H31N3OS/c1-2-26-22-8-4-3-7-21(22)25-13-11-24(12-14-25)17-20-15-19(18-27-20)16-23-9-5-6-10-23/h3-4,7-8,15,18H,2,5-6,9-14,16-17H2,1H3. The monoisotopic (exact) mass is 385 g/mol. The van der Waals surface area contributed by atoms with Crippen LogP contribution in [0.25, 0.3) is 0 Å². The molecule has 0 amide bonds. The van der Waals surface area contributed by atoms with E-state index in [0.717, 1.165) is 51.6 Å². The summed E-state index contributed by atoms with van der Waals surface area (Å²) in [6.07, 6.45) is 2.74. The van der Waals surface area contributed by atoms with E-state index in [1.54, 1.807) is 0 Å². The first-order valence-electron chi connectivity index (χ1n) is 10.3. The minimum Gasteiger partial charge on any atom is -0.492 e. The van der Waals surface area contributed by atoms with E-state index < -0.39 is 0 Å². The van der Waals surface area contributed by atoms with Crippen LogP contribution in [-0.2, 0) is 13.1 Å². The van der Waals surface area contributed by atoms with E-state index in [9.17, 15) is 0 Å².